The van der Waals surface area contributed by atoms with E-state index in [0.717, 1.165) is 0 Å². The van der Waals surface area contributed by atoms with E-state index in [4.69, 9.17) is 15.2 Å². The third-order valence-electron chi connectivity index (χ3n) is 2.68. The third-order valence-corrected chi connectivity index (χ3v) is 4.46. The fourth-order valence-electron chi connectivity index (χ4n) is 1.63. The molecule has 24 heavy (non-hydrogen) atoms. The Morgan fingerprint density at radius 2 is 2.04 bits per heavy atom. The maximum atomic E-state index is 11.7. The van der Waals surface area contributed by atoms with Gasteiger partial charge in [0.05, 0.1) is 11.6 Å². The number of benzene rings is 1. The smallest absolute Gasteiger partial charge is 0.408 e. The number of rotatable bonds is 6. The lowest BCUT2D eigenvalue weighted by Gasteiger charge is -2.22. The number of carbonyl (C=O) groups is 2. The van der Waals surface area contributed by atoms with Gasteiger partial charge in [0.1, 0.15) is 17.4 Å². The van der Waals surface area contributed by atoms with Crippen LogP contribution in [0.3, 0.4) is 0 Å². The summed E-state index contributed by atoms with van der Waals surface area (Å²) in [6.45, 7) is 5.10. The Morgan fingerprint density at radius 3 is 2.54 bits per heavy atom. The molecule has 1 amide bonds. The topological polar surface area (TPSA) is 111 Å². The van der Waals surface area contributed by atoms with Gasteiger partial charge in [-0.2, -0.15) is 0 Å². The average molecular weight is 421 g/mol. The molecule has 0 aliphatic heterocycles. The van der Waals surface area contributed by atoms with E-state index in [1.54, 1.807) is 32.9 Å². The van der Waals surface area contributed by atoms with Gasteiger partial charge in [0.25, 0.3) is 0 Å². The molecule has 1 aromatic rings. The number of carbonyl (C=O) groups excluding carboxylic acids is 1. The van der Waals surface area contributed by atoms with E-state index >= 15 is 0 Å². The molecule has 0 saturated heterocycles. The average Bonchev–Trinajstić information content (AvgIpc) is 2.43. The lowest BCUT2D eigenvalue weighted by atomic mass is 10.2. The predicted molar refractivity (Wildman–Crippen MR) is 96.6 cm³/mol. The maximum Gasteiger partial charge on any atom is 0.408 e. The van der Waals surface area contributed by atoms with Crippen molar-refractivity contribution in [2.45, 2.75) is 37.3 Å². The molecule has 0 aliphatic carbocycles. The van der Waals surface area contributed by atoms with Crippen LogP contribution in [0.15, 0.2) is 21.5 Å². The van der Waals surface area contributed by atoms with Crippen LogP contribution >= 0.6 is 27.7 Å². The summed E-state index contributed by atoms with van der Waals surface area (Å²) < 4.78 is 10.9. The molecule has 1 aromatic carbocycles. The summed E-state index contributed by atoms with van der Waals surface area (Å²) in [5, 5.41) is 11.6. The number of hydrogen-bond donors (Lipinski definition) is 3. The van der Waals surface area contributed by atoms with Crippen molar-refractivity contribution in [1.29, 1.82) is 0 Å². The molecular weight excluding hydrogens is 400 g/mol. The minimum absolute atomic E-state index is 0.0948. The normalized spacial score (nSPS) is 12.4. The van der Waals surface area contributed by atoms with Crippen LogP contribution < -0.4 is 15.8 Å². The number of methoxy groups -OCH3 is 1. The quantitative estimate of drug-likeness (QED) is 0.478. The number of aliphatic carboxylic acids is 1. The monoisotopic (exact) mass is 420 g/mol. The molecular formula is C15H21BrN2O5S. The highest BCUT2D eigenvalue weighted by Gasteiger charge is 2.24. The lowest BCUT2D eigenvalue weighted by Crippen LogP contribution is -2.44. The Kier molecular flexibility index (Phi) is 7.22. The van der Waals surface area contributed by atoms with Crippen LogP contribution in [0.2, 0.25) is 0 Å². The third kappa shape index (κ3) is 6.48. The van der Waals surface area contributed by atoms with Gasteiger partial charge in [0.15, 0.2) is 0 Å². The highest BCUT2D eigenvalue weighted by molar-refractivity contribution is 9.10. The molecule has 0 radical (unpaired) electrons. The van der Waals surface area contributed by atoms with Crippen molar-refractivity contribution >= 4 is 45.4 Å². The van der Waals surface area contributed by atoms with Crippen molar-refractivity contribution in [2.75, 3.05) is 18.6 Å². The number of thioether (sulfide) groups is 1. The summed E-state index contributed by atoms with van der Waals surface area (Å²) in [4.78, 5) is 23.7. The molecule has 1 rings (SSSR count). The number of hydrogen-bond acceptors (Lipinski definition) is 6. The summed E-state index contributed by atoms with van der Waals surface area (Å²) >= 11 is 4.57. The van der Waals surface area contributed by atoms with E-state index in [1.807, 2.05) is 0 Å². The summed E-state index contributed by atoms with van der Waals surface area (Å²) in [6.07, 6.45) is -0.778. The summed E-state index contributed by atoms with van der Waals surface area (Å²) in [5.41, 5.74) is 5.69. The summed E-state index contributed by atoms with van der Waals surface area (Å²) in [7, 11) is 1.53. The standard InChI is InChI=1S/C15H21BrN2O5S/c1-15(2,3)23-14(21)18-10(13(19)20)7-24-12-5-8(16)11(22-4)6-9(12)17/h5-6,10H,7,17H2,1-4H3,(H,18,21)(H,19,20)/t10-/m0/s1. The van der Waals surface area contributed by atoms with Gasteiger partial charge in [-0.25, -0.2) is 9.59 Å². The van der Waals surface area contributed by atoms with Crippen molar-refractivity contribution < 1.29 is 24.2 Å². The van der Waals surface area contributed by atoms with Gasteiger partial charge in [0.2, 0.25) is 0 Å². The largest absolute Gasteiger partial charge is 0.495 e. The SMILES string of the molecule is COc1cc(N)c(SC[C@H](NC(=O)OC(C)(C)C)C(=O)O)cc1Br. The number of anilines is 1. The number of nitrogens with one attached hydrogen (secondary N) is 1. The molecule has 0 fully saturated rings. The second-order valence-electron chi connectivity index (χ2n) is 5.87. The van der Waals surface area contributed by atoms with Gasteiger partial charge in [-0.15, -0.1) is 11.8 Å². The first-order chi connectivity index (χ1) is 11.0. The molecule has 1 atom stereocenters. The van der Waals surface area contributed by atoms with Crippen molar-refractivity contribution in [1.82, 2.24) is 5.32 Å². The summed E-state index contributed by atoms with van der Waals surface area (Å²) in [6, 6.07) is 2.28. The molecule has 9 heteroatoms. The first-order valence-electron chi connectivity index (χ1n) is 7.01. The van der Waals surface area contributed by atoms with Crippen molar-refractivity contribution in [3.8, 4) is 5.75 Å². The molecule has 7 nitrogen and oxygen atoms in total. The zero-order valence-corrected chi connectivity index (χ0v) is 16.3. The van der Waals surface area contributed by atoms with Gasteiger partial charge >= 0.3 is 12.1 Å². The molecule has 0 bridgehead atoms. The molecule has 0 saturated carbocycles. The van der Waals surface area contributed by atoms with E-state index in [-0.39, 0.29) is 5.75 Å². The van der Waals surface area contributed by atoms with E-state index in [0.29, 0.717) is 20.8 Å². The highest BCUT2D eigenvalue weighted by Crippen LogP contribution is 2.35. The first-order valence-corrected chi connectivity index (χ1v) is 8.79. The number of carboxylic acids is 1. The van der Waals surface area contributed by atoms with Gasteiger partial charge < -0.3 is 25.6 Å². The fourth-order valence-corrected chi connectivity index (χ4v) is 3.29. The molecule has 134 valence electrons. The maximum absolute atomic E-state index is 11.7. The van der Waals surface area contributed by atoms with Crippen LogP contribution in [0.4, 0.5) is 10.5 Å². The Balaban J connectivity index is 2.76. The lowest BCUT2D eigenvalue weighted by molar-refractivity contribution is -0.138. The number of nitrogen functional groups attached to an aromatic ring is 1. The Morgan fingerprint density at radius 1 is 1.42 bits per heavy atom. The zero-order valence-electron chi connectivity index (χ0n) is 13.9. The minimum Gasteiger partial charge on any atom is -0.495 e. The number of halogens is 1. The minimum atomic E-state index is -1.15. The number of amides is 1. The van der Waals surface area contributed by atoms with E-state index in [1.165, 1.54) is 18.9 Å². The van der Waals surface area contributed by atoms with Crippen LogP contribution in [-0.4, -0.2) is 41.7 Å². The van der Waals surface area contributed by atoms with E-state index in [9.17, 15) is 14.7 Å². The van der Waals surface area contributed by atoms with Crippen LogP contribution in [0.5, 0.6) is 5.75 Å². The first kappa shape index (κ1) is 20.4. The summed E-state index contributed by atoms with van der Waals surface area (Å²) in [5.74, 6) is -0.476. The van der Waals surface area contributed by atoms with Crippen LogP contribution in [-0.2, 0) is 9.53 Å². The Bertz CT molecular complexity index is 619. The van der Waals surface area contributed by atoms with Crippen molar-refractivity contribution in [3.63, 3.8) is 0 Å². The number of alkyl carbamates (subject to hydrolysis) is 1. The van der Waals surface area contributed by atoms with Gasteiger partial charge in [-0.05, 0) is 42.8 Å². The van der Waals surface area contributed by atoms with Crippen LogP contribution in [0.1, 0.15) is 20.8 Å². The van der Waals surface area contributed by atoms with E-state index < -0.39 is 23.7 Å². The molecule has 0 aliphatic rings. The second-order valence-corrected chi connectivity index (χ2v) is 7.79. The number of ether oxygens (including phenoxy) is 2. The van der Waals surface area contributed by atoms with Gasteiger partial charge in [-0.1, -0.05) is 0 Å². The second kappa shape index (κ2) is 8.48. The predicted octanol–water partition coefficient (Wildman–Crippen LogP) is 3.11. The number of carboxylic acid groups (broad SMARTS) is 1. The van der Waals surface area contributed by atoms with Crippen molar-refractivity contribution in [2.24, 2.45) is 0 Å². The highest BCUT2D eigenvalue weighted by atomic mass is 79.9. The van der Waals surface area contributed by atoms with Gasteiger partial charge in [-0.3, -0.25) is 0 Å². The van der Waals surface area contributed by atoms with Crippen LogP contribution in [0, 0.1) is 0 Å². The molecule has 0 spiro atoms. The van der Waals surface area contributed by atoms with Crippen LogP contribution in [0.25, 0.3) is 0 Å². The Hall–Kier alpha value is -1.61. The molecule has 0 heterocycles. The molecule has 0 aromatic heterocycles. The fraction of sp³-hybridized carbons (Fsp3) is 0.467. The number of nitrogens with two attached hydrogens (primary N) is 1. The van der Waals surface area contributed by atoms with E-state index in [2.05, 4.69) is 21.2 Å². The zero-order chi connectivity index (χ0) is 18.5. The molecule has 4 N–H and O–H groups in total. The van der Waals surface area contributed by atoms with Crippen molar-refractivity contribution in [3.05, 3.63) is 16.6 Å². The van der Waals surface area contributed by atoms with Gasteiger partial charge in [0, 0.05) is 22.4 Å². The molecule has 0 unspecified atom stereocenters. The Labute approximate surface area is 153 Å².